The summed E-state index contributed by atoms with van der Waals surface area (Å²) >= 11 is 0. The highest BCUT2D eigenvalue weighted by atomic mass is 16.5. The normalized spacial score (nSPS) is 10.6. The minimum Gasteiger partial charge on any atom is -0.367 e. The predicted molar refractivity (Wildman–Crippen MR) is 68.5 cm³/mol. The van der Waals surface area contributed by atoms with Gasteiger partial charge in [-0.05, 0) is 18.9 Å². The number of hydrogen-bond donors (Lipinski definition) is 1. The Morgan fingerprint density at radius 3 is 2.82 bits per heavy atom. The van der Waals surface area contributed by atoms with E-state index in [0.29, 0.717) is 13.2 Å². The van der Waals surface area contributed by atoms with E-state index in [1.54, 1.807) is 0 Å². The topological polar surface area (TPSA) is 38.3 Å². The average molecular weight is 233 g/mol. The van der Waals surface area contributed by atoms with Gasteiger partial charge in [-0.3, -0.25) is 4.79 Å². The third-order valence-corrected chi connectivity index (χ3v) is 2.21. The molecule has 0 aliphatic rings. The van der Waals surface area contributed by atoms with E-state index in [1.165, 1.54) is 0 Å². The molecule has 0 saturated heterocycles. The van der Waals surface area contributed by atoms with Crippen LogP contribution in [0.25, 0.3) is 0 Å². The zero-order valence-corrected chi connectivity index (χ0v) is 10.2. The summed E-state index contributed by atoms with van der Waals surface area (Å²) in [5, 5.41) is 2.79. The Morgan fingerprint density at radius 2 is 2.12 bits per heavy atom. The van der Waals surface area contributed by atoms with Crippen molar-refractivity contribution < 1.29 is 9.53 Å². The van der Waals surface area contributed by atoms with Gasteiger partial charge < -0.3 is 10.1 Å². The Labute approximate surface area is 102 Å². The number of rotatable bonds is 7. The summed E-state index contributed by atoms with van der Waals surface area (Å²) < 4.78 is 5.31. The molecule has 0 aromatic heterocycles. The van der Waals surface area contributed by atoms with Gasteiger partial charge in [0.15, 0.2) is 0 Å². The highest BCUT2D eigenvalue weighted by Crippen LogP contribution is 1.99. The fourth-order valence-electron chi connectivity index (χ4n) is 1.35. The molecule has 1 aromatic carbocycles. The van der Waals surface area contributed by atoms with E-state index in [1.807, 2.05) is 49.4 Å². The standard InChI is InChI=1S/C14H19NO2/c1-2-3-7-10-15-14(16)12-17-11-13-8-5-4-6-9-13/h2-6,8-9H,7,10-12H2,1H3,(H,15,16)/b3-2+. The van der Waals surface area contributed by atoms with Crippen LogP contribution in [0.15, 0.2) is 42.5 Å². The smallest absolute Gasteiger partial charge is 0.246 e. The Hall–Kier alpha value is -1.61. The molecule has 0 spiro atoms. The van der Waals surface area contributed by atoms with Gasteiger partial charge in [0.1, 0.15) is 6.61 Å². The molecule has 1 N–H and O–H groups in total. The van der Waals surface area contributed by atoms with Gasteiger partial charge in [-0.1, -0.05) is 42.5 Å². The molecule has 0 saturated carbocycles. The number of carbonyl (C=O) groups is 1. The fourth-order valence-corrected chi connectivity index (χ4v) is 1.35. The molecule has 0 radical (unpaired) electrons. The molecule has 0 aliphatic heterocycles. The van der Waals surface area contributed by atoms with Crippen molar-refractivity contribution >= 4 is 5.91 Å². The van der Waals surface area contributed by atoms with Gasteiger partial charge in [0.25, 0.3) is 0 Å². The van der Waals surface area contributed by atoms with Crippen LogP contribution in [0, 0.1) is 0 Å². The van der Waals surface area contributed by atoms with Crippen LogP contribution in [-0.2, 0) is 16.1 Å². The second-order valence-electron chi connectivity index (χ2n) is 3.69. The van der Waals surface area contributed by atoms with Crippen molar-refractivity contribution in [3.8, 4) is 0 Å². The molecular formula is C14H19NO2. The monoisotopic (exact) mass is 233 g/mol. The van der Waals surface area contributed by atoms with Crippen LogP contribution in [0.2, 0.25) is 0 Å². The van der Waals surface area contributed by atoms with E-state index in [9.17, 15) is 4.79 Å². The molecular weight excluding hydrogens is 214 g/mol. The molecule has 0 aliphatic carbocycles. The lowest BCUT2D eigenvalue weighted by atomic mass is 10.2. The average Bonchev–Trinajstić information content (AvgIpc) is 2.36. The molecule has 0 bridgehead atoms. The Bertz CT molecular complexity index is 346. The summed E-state index contributed by atoms with van der Waals surface area (Å²) in [6.45, 7) is 3.22. The number of benzene rings is 1. The molecule has 0 unspecified atom stereocenters. The number of carbonyl (C=O) groups excluding carboxylic acids is 1. The number of amides is 1. The first-order valence-electron chi connectivity index (χ1n) is 5.82. The zero-order chi connectivity index (χ0) is 12.3. The number of nitrogens with one attached hydrogen (secondary N) is 1. The molecule has 0 atom stereocenters. The Kier molecular flexibility index (Phi) is 6.75. The Balaban J connectivity index is 2.08. The molecule has 1 aromatic rings. The lowest BCUT2D eigenvalue weighted by Crippen LogP contribution is -2.28. The molecule has 0 fully saturated rings. The van der Waals surface area contributed by atoms with E-state index in [0.717, 1.165) is 12.0 Å². The van der Waals surface area contributed by atoms with Crippen LogP contribution in [-0.4, -0.2) is 19.1 Å². The molecule has 1 amide bonds. The van der Waals surface area contributed by atoms with Crippen LogP contribution >= 0.6 is 0 Å². The highest BCUT2D eigenvalue weighted by molar-refractivity contribution is 5.77. The van der Waals surface area contributed by atoms with Crippen LogP contribution in [0.4, 0.5) is 0 Å². The van der Waals surface area contributed by atoms with E-state index < -0.39 is 0 Å². The lowest BCUT2D eigenvalue weighted by molar-refractivity contribution is -0.126. The van der Waals surface area contributed by atoms with Gasteiger partial charge in [-0.2, -0.15) is 0 Å². The van der Waals surface area contributed by atoms with Crippen LogP contribution in [0.3, 0.4) is 0 Å². The van der Waals surface area contributed by atoms with Crippen LogP contribution in [0.5, 0.6) is 0 Å². The maximum absolute atomic E-state index is 11.3. The zero-order valence-electron chi connectivity index (χ0n) is 10.2. The summed E-state index contributed by atoms with van der Waals surface area (Å²) in [4.78, 5) is 11.3. The largest absolute Gasteiger partial charge is 0.367 e. The first-order valence-corrected chi connectivity index (χ1v) is 5.82. The summed E-state index contributed by atoms with van der Waals surface area (Å²) in [5.41, 5.74) is 1.08. The second kappa shape index (κ2) is 8.53. The van der Waals surface area contributed by atoms with Gasteiger partial charge in [0, 0.05) is 6.54 Å². The van der Waals surface area contributed by atoms with E-state index >= 15 is 0 Å². The van der Waals surface area contributed by atoms with Crippen molar-refractivity contribution in [1.82, 2.24) is 5.32 Å². The summed E-state index contributed by atoms with van der Waals surface area (Å²) in [7, 11) is 0. The lowest BCUT2D eigenvalue weighted by Gasteiger charge is -2.05. The van der Waals surface area contributed by atoms with Gasteiger partial charge in [0.2, 0.25) is 5.91 Å². The van der Waals surface area contributed by atoms with Crippen LogP contribution < -0.4 is 5.32 Å². The summed E-state index contributed by atoms with van der Waals surface area (Å²) in [5.74, 6) is -0.0644. The predicted octanol–water partition coefficient (Wildman–Crippen LogP) is 2.29. The maximum atomic E-state index is 11.3. The third kappa shape index (κ3) is 6.53. The number of allylic oxidation sites excluding steroid dienone is 1. The first-order chi connectivity index (χ1) is 8.33. The molecule has 1 rings (SSSR count). The quantitative estimate of drug-likeness (QED) is 0.579. The second-order valence-corrected chi connectivity index (χ2v) is 3.69. The minimum atomic E-state index is -0.0644. The molecule has 0 heterocycles. The van der Waals surface area contributed by atoms with E-state index in [-0.39, 0.29) is 12.5 Å². The fraction of sp³-hybridized carbons (Fsp3) is 0.357. The molecule has 92 valence electrons. The van der Waals surface area contributed by atoms with Crippen molar-refractivity contribution in [3.63, 3.8) is 0 Å². The van der Waals surface area contributed by atoms with E-state index in [2.05, 4.69) is 5.32 Å². The van der Waals surface area contributed by atoms with Crippen molar-refractivity contribution in [2.24, 2.45) is 0 Å². The molecule has 17 heavy (non-hydrogen) atoms. The van der Waals surface area contributed by atoms with Crippen molar-refractivity contribution in [2.75, 3.05) is 13.2 Å². The van der Waals surface area contributed by atoms with Crippen LogP contribution in [0.1, 0.15) is 18.9 Å². The Morgan fingerprint density at radius 1 is 1.35 bits per heavy atom. The molecule has 3 nitrogen and oxygen atoms in total. The van der Waals surface area contributed by atoms with Crippen molar-refractivity contribution in [2.45, 2.75) is 20.0 Å². The minimum absolute atomic E-state index is 0.0644. The van der Waals surface area contributed by atoms with Gasteiger partial charge in [0.05, 0.1) is 6.61 Å². The maximum Gasteiger partial charge on any atom is 0.246 e. The molecule has 3 heteroatoms. The van der Waals surface area contributed by atoms with Gasteiger partial charge in [-0.25, -0.2) is 0 Å². The van der Waals surface area contributed by atoms with Crippen molar-refractivity contribution in [1.29, 1.82) is 0 Å². The van der Waals surface area contributed by atoms with Crippen molar-refractivity contribution in [3.05, 3.63) is 48.0 Å². The summed E-state index contributed by atoms with van der Waals surface area (Å²) in [6, 6.07) is 9.82. The number of hydrogen-bond acceptors (Lipinski definition) is 2. The highest BCUT2D eigenvalue weighted by Gasteiger charge is 1.99. The third-order valence-electron chi connectivity index (χ3n) is 2.21. The summed E-state index contributed by atoms with van der Waals surface area (Å²) in [6.07, 6.45) is 4.85. The van der Waals surface area contributed by atoms with E-state index in [4.69, 9.17) is 4.74 Å². The SMILES string of the molecule is C/C=C/CCNC(=O)COCc1ccccc1. The van der Waals surface area contributed by atoms with Gasteiger partial charge >= 0.3 is 0 Å². The first kappa shape index (κ1) is 13.5. The number of ether oxygens (including phenoxy) is 1. The van der Waals surface area contributed by atoms with Gasteiger partial charge in [-0.15, -0.1) is 0 Å².